The Labute approximate surface area is 75.4 Å². The molecule has 2 bridgehead atoms. The van der Waals surface area contributed by atoms with E-state index in [1.54, 1.807) is 0 Å². The summed E-state index contributed by atoms with van der Waals surface area (Å²) in [6.07, 6.45) is 3.86. The van der Waals surface area contributed by atoms with E-state index in [0.717, 1.165) is 0 Å². The number of carbonyl (C=O) groups excluding carboxylic acids is 1. The van der Waals surface area contributed by atoms with Crippen molar-refractivity contribution in [3.63, 3.8) is 0 Å². The van der Waals surface area contributed by atoms with Crippen molar-refractivity contribution < 1.29 is 19.3 Å². The van der Waals surface area contributed by atoms with Crippen molar-refractivity contribution in [2.24, 2.45) is 17.8 Å². The number of rotatable bonds is 1. The van der Waals surface area contributed by atoms with Crippen molar-refractivity contribution in [2.45, 2.75) is 12.2 Å². The lowest BCUT2D eigenvalue weighted by Crippen LogP contribution is -2.32. The Kier molecular flexibility index (Phi) is 1.35. The van der Waals surface area contributed by atoms with Crippen LogP contribution in [-0.4, -0.2) is 25.3 Å². The third kappa shape index (κ3) is 0.845. The van der Waals surface area contributed by atoms with Crippen molar-refractivity contribution in [1.29, 1.82) is 0 Å². The van der Waals surface area contributed by atoms with Crippen LogP contribution in [-0.2, 0) is 19.3 Å². The van der Waals surface area contributed by atoms with Crippen LogP contribution in [0.25, 0.3) is 0 Å². The van der Waals surface area contributed by atoms with Gasteiger partial charge in [0.05, 0.1) is 13.0 Å². The maximum atomic E-state index is 11.3. The SMILES string of the molecule is COC(=O)C1[C@@H]2[C@H]1[C@@H]1C=C[C@H]2OO1. The molecule has 4 aliphatic rings. The summed E-state index contributed by atoms with van der Waals surface area (Å²) in [4.78, 5) is 21.4. The summed E-state index contributed by atoms with van der Waals surface area (Å²) in [5, 5.41) is 0. The quantitative estimate of drug-likeness (QED) is 0.332. The largest absolute Gasteiger partial charge is 0.469 e. The Hall–Kier alpha value is -0.870. The molecule has 2 aliphatic heterocycles. The molecular formula is C9H10O4. The molecule has 4 rings (SSSR count). The van der Waals surface area contributed by atoms with Crippen LogP contribution in [0.5, 0.6) is 0 Å². The normalized spacial score (nSPS) is 50.1. The van der Waals surface area contributed by atoms with Crippen LogP contribution in [0.15, 0.2) is 12.2 Å². The van der Waals surface area contributed by atoms with E-state index in [2.05, 4.69) is 0 Å². The van der Waals surface area contributed by atoms with Gasteiger partial charge in [-0.05, 0) is 0 Å². The molecule has 5 atom stereocenters. The van der Waals surface area contributed by atoms with Crippen LogP contribution in [0.1, 0.15) is 0 Å². The molecule has 0 aromatic rings. The van der Waals surface area contributed by atoms with Gasteiger partial charge in [-0.15, -0.1) is 0 Å². The van der Waals surface area contributed by atoms with Crippen molar-refractivity contribution in [1.82, 2.24) is 0 Å². The molecule has 70 valence electrons. The van der Waals surface area contributed by atoms with Crippen molar-refractivity contribution in [3.8, 4) is 0 Å². The molecule has 13 heavy (non-hydrogen) atoms. The second kappa shape index (κ2) is 2.33. The first-order chi connectivity index (χ1) is 6.33. The predicted molar refractivity (Wildman–Crippen MR) is 41.4 cm³/mol. The molecule has 0 N–H and O–H groups in total. The van der Waals surface area contributed by atoms with Gasteiger partial charge in [0, 0.05) is 11.8 Å². The number of fused-ring (bicyclic) bond motifs is 1. The van der Waals surface area contributed by atoms with Gasteiger partial charge < -0.3 is 4.74 Å². The second-order valence-corrected chi connectivity index (χ2v) is 3.71. The molecule has 1 saturated carbocycles. The fourth-order valence-corrected chi connectivity index (χ4v) is 2.45. The fraction of sp³-hybridized carbons (Fsp3) is 0.667. The van der Waals surface area contributed by atoms with E-state index >= 15 is 0 Å². The molecule has 0 aromatic heterocycles. The molecular weight excluding hydrogens is 172 g/mol. The van der Waals surface area contributed by atoms with Crippen LogP contribution in [0.4, 0.5) is 0 Å². The second-order valence-electron chi connectivity index (χ2n) is 3.71. The van der Waals surface area contributed by atoms with Gasteiger partial charge in [0.25, 0.3) is 0 Å². The Morgan fingerprint density at radius 3 is 2.15 bits per heavy atom. The number of ether oxygens (including phenoxy) is 1. The van der Waals surface area contributed by atoms with Gasteiger partial charge in [0.15, 0.2) is 0 Å². The summed E-state index contributed by atoms with van der Waals surface area (Å²) < 4.78 is 4.71. The van der Waals surface area contributed by atoms with Gasteiger partial charge >= 0.3 is 5.97 Å². The van der Waals surface area contributed by atoms with E-state index in [1.807, 2.05) is 12.2 Å². The zero-order valence-electron chi connectivity index (χ0n) is 7.17. The molecule has 0 amide bonds. The molecule has 1 unspecified atom stereocenters. The topological polar surface area (TPSA) is 44.8 Å². The predicted octanol–water partition coefficient (Wildman–Crippen LogP) is 0.290. The van der Waals surface area contributed by atoms with Crippen LogP contribution in [0.2, 0.25) is 0 Å². The molecule has 2 heterocycles. The summed E-state index contributed by atoms with van der Waals surface area (Å²) in [6, 6.07) is 0. The minimum absolute atomic E-state index is 0.0162. The number of esters is 1. The number of hydrogen-bond acceptors (Lipinski definition) is 4. The Bertz CT molecular complexity index is 265. The average molecular weight is 182 g/mol. The van der Waals surface area contributed by atoms with Gasteiger partial charge in [-0.25, -0.2) is 9.78 Å². The van der Waals surface area contributed by atoms with Crippen LogP contribution in [0.3, 0.4) is 0 Å². The lowest BCUT2D eigenvalue weighted by Gasteiger charge is -2.27. The van der Waals surface area contributed by atoms with Crippen LogP contribution < -0.4 is 0 Å². The molecule has 4 nitrogen and oxygen atoms in total. The zero-order chi connectivity index (χ0) is 9.00. The van der Waals surface area contributed by atoms with Crippen LogP contribution in [0, 0.1) is 17.8 Å². The summed E-state index contributed by atoms with van der Waals surface area (Å²) in [5.41, 5.74) is 0. The highest BCUT2D eigenvalue weighted by molar-refractivity contribution is 5.77. The summed E-state index contributed by atoms with van der Waals surface area (Å²) >= 11 is 0. The fourth-order valence-electron chi connectivity index (χ4n) is 2.45. The van der Waals surface area contributed by atoms with E-state index < -0.39 is 0 Å². The number of carbonyl (C=O) groups is 1. The van der Waals surface area contributed by atoms with Gasteiger partial charge in [0.2, 0.25) is 0 Å². The first-order valence-electron chi connectivity index (χ1n) is 4.41. The third-order valence-electron chi connectivity index (χ3n) is 3.13. The number of methoxy groups -OCH3 is 1. The monoisotopic (exact) mass is 182 g/mol. The van der Waals surface area contributed by atoms with Crippen molar-refractivity contribution in [2.75, 3.05) is 7.11 Å². The molecule has 0 spiro atoms. The van der Waals surface area contributed by atoms with Crippen molar-refractivity contribution in [3.05, 3.63) is 12.2 Å². The minimum Gasteiger partial charge on any atom is -0.469 e. The van der Waals surface area contributed by atoms with Gasteiger partial charge in [0.1, 0.15) is 12.2 Å². The summed E-state index contributed by atoms with van der Waals surface area (Å²) in [6.45, 7) is 0. The lowest BCUT2D eigenvalue weighted by molar-refractivity contribution is -0.364. The average Bonchev–Trinajstić information content (AvgIpc) is 2.95. The Balaban J connectivity index is 1.84. The Morgan fingerprint density at radius 2 is 1.77 bits per heavy atom. The molecule has 2 fully saturated rings. The van der Waals surface area contributed by atoms with Gasteiger partial charge in [-0.2, -0.15) is 0 Å². The maximum Gasteiger partial charge on any atom is 0.309 e. The third-order valence-corrected chi connectivity index (χ3v) is 3.13. The molecule has 1 saturated heterocycles. The standard InChI is InChI=1S/C9H10O4/c1-11-9(10)8-6-4-2-3-5(7(6)8)13-12-4/h2-8H,1H3/t4-,5+,6+,7-,8?. The highest BCUT2D eigenvalue weighted by Gasteiger charge is 2.66. The minimum atomic E-state index is -0.136. The molecule has 0 radical (unpaired) electrons. The maximum absolute atomic E-state index is 11.3. The van der Waals surface area contributed by atoms with Crippen LogP contribution >= 0.6 is 0 Å². The molecule has 0 aromatic carbocycles. The highest BCUT2D eigenvalue weighted by atomic mass is 17.2. The molecule has 2 aliphatic carbocycles. The van der Waals surface area contributed by atoms with Crippen molar-refractivity contribution >= 4 is 5.97 Å². The summed E-state index contributed by atoms with van der Waals surface area (Å²) in [5.74, 6) is 0.424. The first-order valence-corrected chi connectivity index (χ1v) is 4.41. The van der Waals surface area contributed by atoms with Gasteiger partial charge in [-0.3, -0.25) is 4.79 Å². The smallest absolute Gasteiger partial charge is 0.309 e. The lowest BCUT2D eigenvalue weighted by atomic mass is 10.0. The van der Waals surface area contributed by atoms with E-state index in [9.17, 15) is 4.79 Å². The number of hydrogen-bond donors (Lipinski definition) is 0. The first kappa shape index (κ1) is 7.53. The van der Waals surface area contributed by atoms with E-state index in [4.69, 9.17) is 14.5 Å². The van der Waals surface area contributed by atoms with E-state index in [0.29, 0.717) is 0 Å². The zero-order valence-corrected chi connectivity index (χ0v) is 7.17. The van der Waals surface area contributed by atoms with Gasteiger partial charge in [-0.1, -0.05) is 12.2 Å². The molecule has 4 heteroatoms. The summed E-state index contributed by atoms with van der Waals surface area (Å²) in [7, 11) is 1.42. The Morgan fingerprint density at radius 1 is 1.23 bits per heavy atom. The van der Waals surface area contributed by atoms with E-state index in [-0.39, 0.29) is 35.9 Å². The van der Waals surface area contributed by atoms with E-state index in [1.165, 1.54) is 7.11 Å². The highest BCUT2D eigenvalue weighted by Crippen LogP contribution is 2.58.